The average Bonchev–Trinajstić information content (AvgIpc) is 3.96. The number of aliphatic hydroxyl groups is 17. The molecular weight excluding hydrogens is 1130 g/mol. The fraction of sp³-hybridized carbons (Fsp3) is 0.966. The van der Waals surface area contributed by atoms with Crippen LogP contribution in [0.5, 0.6) is 0 Å². The van der Waals surface area contributed by atoms with Crippen molar-refractivity contribution in [3.8, 4) is 0 Å². The third-order valence-electron chi connectivity index (χ3n) is 21.7. The SMILES string of the molecule is C[C@H](CC[C@@H](C)[C@H]1CC[C@H]2[C@@H]3CC=C4C[C@@H](O[C@@H]5O[C@H](CO)[C@@H](O)[C@H](O)[C@H]5O)CC[C@]4(C)[C@H]3CC[C@]12C)[C@H](C)CO[C@@H]1O[C@H](CO[C@@H]2O[C@H](CO)[C@@H](O[C@@H]3O[C@H](CO)[C@@H](O)[C@H](O)[C@H]3O)[C@H](O)[C@H]2O)[C@@H](O)[C@H](O)[C@H]1O[C@@H]1O[C@H](CO)[C@@H](O)[C@H](O)[C@H]1O. The zero-order valence-corrected chi connectivity index (χ0v) is 49.1. The van der Waals surface area contributed by atoms with E-state index in [0.29, 0.717) is 36.0 Å². The van der Waals surface area contributed by atoms with Crippen molar-refractivity contribution in [1.82, 2.24) is 0 Å². The smallest absolute Gasteiger partial charge is 0.187 e. The number of hydrogen-bond donors (Lipinski definition) is 17. The molecule has 5 aliphatic heterocycles. The van der Waals surface area contributed by atoms with Crippen molar-refractivity contribution in [1.29, 1.82) is 0 Å². The molecule has 0 spiro atoms. The van der Waals surface area contributed by atoms with Crippen molar-refractivity contribution in [2.75, 3.05) is 39.6 Å². The minimum Gasteiger partial charge on any atom is -0.394 e. The lowest BCUT2D eigenvalue weighted by Crippen LogP contribution is -2.66. The van der Waals surface area contributed by atoms with Gasteiger partial charge in [-0.05, 0) is 104 Å². The molecule has 17 N–H and O–H groups in total. The van der Waals surface area contributed by atoms with Crippen LogP contribution in [0, 0.1) is 52.3 Å². The second-order valence-electron chi connectivity index (χ2n) is 26.7. The largest absolute Gasteiger partial charge is 0.394 e. The highest BCUT2D eigenvalue weighted by Gasteiger charge is 2.60. The lowest BCUT2D eigenvalue weighted by atomic mass is 9.47. The van der Waals surface area contributed by atoms with E-state index in [2.05, 4.69) is 33.8 Å². The molecule has 5 heterocycles. The van der Waals surface area contributed by atoms with Crippen molar-refractivity contribution in [3.05, 3.63) is 11.6 Å². The van der Waals surface area contributed by atoms with Gasteiger partial charge >= 0.3 is 0 Å². The third-order valence-corrected chi connectivity index (χ3v) is 21.7. The number of fused-ring (bicyclic) bond motifs is 5. The van der Waals surface area contributed by atoms with Gasteiger partial charge in [0, 0.05) is 0 Å². The summed E-state index contributed by atoms with van der Waals surface area (Å²) in [6.07, 6.45) is -28.8. The Balaban J connectivity index is 0.803. The lowest BCUT2D eigenvalue weighted by molar-refractivity contribution is -0.377. The summed E-state index contributed by atoms with van der Waals surface area (Å²) < 4.78 is 58.7. The highest BCUT2D eigenvalue weighted by atomic mass is 16.8. The van der Waals surface area contributed by atoms with E-state index in [1.54, 1.807) is 0 Å². The molecule has 0 aromatic heterocycles. The van der Waals surface area contributed by atoms with Gasteiger partial charge in [0.05, 0.1) is 45.7 Å². The van der Waals surface area contributed by atoms with Crippen molar-refractivity contribution in [2.45, 2.75) is 258 Å². The molecule has 492 valence electrons. The summed E-state index contributed by atoms with van der Waals surface area (Å²) in [4.78, 5) is 0. The van der Waals surface area contributed by atoms with Gasteiger partial charge in [-0.2, -0.15) is 0 Å². The van der Waals surface area contributed by atoms with E-state index in [4.69, 9.17) is 47.4 Å². The van der Waals surface area contributed by atoms with Gasteiger partial charge in [0.25, 0.3) is 0 Å². The van der Waals surface area contributed by atoms with E-state index < -0.39 is 187 Å². The molecule has 9 aliphatic rings. The number of hydrogen-bond acceptors (Lipinski definition) is 27. The van der Waals surface area contributed by atoms with Gasteiger partial charge in [0.1, 0.15) is 122 Å². The average molecular weight is 1230 g/mol. The van der Waals surface area contributed by atoms with Crippen molar-refractivity contribution < 1.29 is 134 Å². The first kappa shape index (κ1) is 68.0. The summed E-state index contributed by atoms with van der Waals surface area (Å²) in [5.41, 5.74) is 1.55. The normalized spacial score (nSPS) is 51.4. The third kappa shape index (κ3) is 13.5. The van der Waals surface area contributed by atoms with Crippen LogP contribution in [0.3, 0.4) is 0 Å². The van der Waals surface area contributed by atoms with Crippen molar-refractivity contribution >= 4 is 0 Å². The van der Waals surface area contributed by atoms with E-state index in [1.165, 1.54) is 5.57 Å². The molecule has 0 radical (unpaired) electrons. The molecule has 0 aromatic carbocycles. The van der Waals surface area contributed by atoms with Gasteiger partial charge in [0.2, 0.25) is 0 Å². The molecular formula is C58H98O27. The number of aliphatic hydroxyl groups excluding tert-OH is 17. The second kappa shape index (κ2) is 28.3. The molecule has 35 atom stereocenters. The molecule has 0 unspecified atom stereocenters. The molecule has 85 heavy (non-hydrogen) atoms. The Morgan fingerprint density at radius 3 is 1.53 bits per heavy atom. The molecule has 0 aromatic rings. The van der Waals surface area contributed by atoms with Gasteiger partial charge in [-0.15, -0.1) is 0 Å². The van der Waals surface area contributed by atoms with E-state index in [9.17, 15) is 86.8 Å². The van der Waals surface area contributed by atoms with Gasteiger partial charge < -0.3 is 134 Å². The highest BCUT2D eigenvalue weighted by molar-refractivity contribution is 5.25. The molecule has 27 nitrogen and oxygen atoms in total. The Labute approximate surface area is 494 Å². The quantitative estimate of drug-likeness (QED) is 0.0484. The maximum atomic E-state index is 11.7. The first-order valence-electron chi connectivity index (χ1n) is 30.8. The summed E-state index contributed by atoms with van der Waals surface area (Å²) in [6.45, 7) is 7.89. The van der Waals surface area contributed by atoms with E-state index in [0.717, 1.165) is 57.8 Å². The minimum absolute atomic E-state index is 0.00843. The van der Waals surface area contributed by atoms with Crippen LogP contribution < -0.4 is 0 Å². The fourth-order valence-corrected chi connectivity index (χ4v) is 16.1. The molecule has 27 heteroatoms. The maximum Gasteiger partial charge on any atom is 0.187 e. The van der Waals surface area contributed by atoms with E-state index in [-0.39, 0.29) is 35.4 Å². The standard InChI is InChI=1S/C58H98O27/c1-23(6-7-24(2)29-10-11-30-28-9-8-26-16-27(12-14-57(26,4)31(28)13-15-58(29,30)5)78-53-46(72)41(67)37(63)32(17-59)79-53)25(3)21-76-56-51(85-55-48(74)43(69)39(65)34(19-61)81-55)44(70)40(66)36(83-56)22-77-52-49(75)45(71)50(35(20-62)82-52)84-54-47(73)42(68)38(64)33(18-60)80-54/h8,23-25,27-56,59-75H,6-7,9-22H2,1-5H3/t23-,24-,25-,27+,28+,29-,30+,31+,32-,33-,34-,35-,36-,37-,38-,39-,40-,41+,42+,43+,44+,45-,46-,47-,48-,49-,50-,51-,52-,53-,54+,55+,56-,57+,58-/m1/s1. The van der Waals surface area contributed by atoms with Crippen LogP contribution in [-0.2, 0) is 47.4 Å². The summed E-state index contributed by atoms with van der Waals surface area (Å²) in [6, 6.07) is 0. The van der Waals surface area contributed by atoms with E-state index >= 15 is 0 Å². The number of allylic oxidation sites excluding steroid dienone is 1. The monoisotopic (exact) mass is 1230 g/mol. The molecule has 9 rings (SSSR count). The minimum atomic E-state index is -1.93. The summed E-state index contributed by atoms with van der Waals surface area (Å²) >= 11 is 0. The van der Waals surface area contributed by atoms with Crippen LogP contribution in [0.4, 0.5) is 0 Å². The van der Waals surface area contributed by atoms with Gasteiger partial charge in [-0.1, -0.05) is 59.1 Å². The first-order valence-corrected chi connectivity index (χ1v) is 30.8. The lowest BCUT2D eigenvalue weighted by Gasteiger charge is -2.58. The predicted octanol–water partition coefficient (Wildman–Crippen LogP) is -4.27. The van der Waals surface area contributed by atoms with Gasteiger partial charge in [-0.3, -0.25) is 0 Å². The van der Waals surface area contributed by atoms with Crippen LogP contribution >= 0.6 is 0 Å². The van der Waals surface area contributed by atoms with Crippen LogP contribution in [0.1, 0.15) is 98.8 Å². The highest BCUT2D eigenvalue weighted by Crippen LogP contribution is 2.67. The summed E-state index contributed by atoms with van der Waals surface area (Å²) in [5, 5.41) is 179. The van der Waals surface area contributed by atoms with Crippen LogP contribution in [0.25, 0.3) is 0 Å². The van der Waals surface area contributed by atoms with Crippen LogP contribution in [-0.4, -0.2) is 286 Å². The summed E-state index contributed by atoms with van der Waals surface area (Å²) in [7, 11) is 0. The van der Waals surface area contributed by atoms with Crippen LogP contribution in [0.2, 0.25) is 0 Å². The zero-order valence-electron chi connectivity index (χ0n) is 49.1. The Morgan fingerprint density at radius 1 is 0.471 bits per heavy atom. The molecule has 3 saturated carbocycles. The molecule has 8 fully saturated rings. The maximum absolute atomic E-state index is 11.7. The summed E-state index contributed by atoms with van der Waals surface area (Å²) in [5.74, 6) is 2.57. The first-order chi connectivity index (χ1) is 40.3. The second-order valence-corrected chi connectivity index (χ2v) is 26.7. The molecule has 4 aliphatic carbocycles. The fourth-order valence-electron chi connectivity index (χ4n) is 16.1. The Bertz CT molecular complexity index is 2140. The zero-order chi connectivity index (χ0) is 61.7. The Morgan fingerprint density at radius 2 is 0.965 bits per heavy atom. The number of rotatable bonds is 21. The van der Waals surface area contributed by atoms with Crippen molar-refractivity contribution in [2.24, 2.45) is 52.3 Å². The molecule has 5 saturated heterocycles. The van der Waals surface area contributed by atoms with Crippen LogP contribution in [0.15, 0.2) is 11.6 Å². The topological polar surface area (TPSA) is 436 Å². The Hall–Kier alpha value is -1.34. The molecule has 0 bridgehead atoms. The van der Waals surface area contributed by atoms with Crippen molar-refractivity contribution in [3.63, 3.8) is 0 Å². The Kier molecular flexibility index (Phi) is 22.6. The molecule has 0 amide bonds. The predicted molar refractivity (Wildman–Crippen MR) is 288 cm³/mol. The van der Waals surface area contributed by atoms with Gasteiger partial charge in [-0.25, -0.2) is 0 Å². The van der Waals surface area contributed by atoms with E-state index in [1.807, 2.05) is 6.92 Å². The number of ether oxygens (including phenoxy) is 10. The van der Waals surface area contributed by atoms with Gasteiger partial charge in [0.15, 0.2) is 31.5 Å².